The van der Waals surface area contributed by atoms with Gasteiger partial charge in [-0.3, -0.25) is 4.79 Å². The van der Waals surface area contributed by atoms with E-state index < -0.39 is 12.1 Å². The summed E-state index contributed by atoms with van der Waals surface area (Å²) in [5.41, 5.74) is 1.87. The fourth-order valence-electron chi connectivity index (χ4n) is 3.45. The van der Waals surface area contributed by atoms with Crippen molar-refractivity contribution in [3.05, 3.63) is 77.2 Å². The number of nitrogens with zero attached hydrogens (tertiary/aromatic N) is 3. The average Bonchev–Trinajstić information content (AvgIpc) is 3.47. The highest BCUT2D eigenvalue weighted by Gasteiger charge is 2.23. The molecule has 1 unspecified atom stereocenters. The lowest BCUT2D eigenvalue weighted by atomic mass is 10.0. The minimum Gasteiger partial charge on any atom is -0.483 e. The molecular formula is C25H23FN4O4S2. The molecule has 2 aromatic carbocycles. The molecule has 0 saturated carbocycles. The van der Waals surface area contributed by atoms with Crippen LogP contribution in [-0.4, -0.2) is 39.5 Å². The second-order valence-corrected chi connectivity index (χ2v) is 9.48. The standard InChI is InChI=1S/C25H23FN4O4S2/c1-15(34-18-11-9-17(26)10-12-18)22-28-29-25(30(22)2)36-14-20(31)27-23-21(24(32)33-3)19(13-35-23)16-7-5-4-6-8-16/h4-13,15H,14H2,1-3H3,(H,27,31). The van der Waals surface area contributed by atoms with Crippen molar-refractivity contribution in [2.45, 2.75) is 18.2 Å². The van der Waals surface area contributed by atoms with Gasteiger partial charge in [-0.2, -0.15) is 0 Å². The molecule has 4 rings (SSSR count). The predicted octanol–water partition coefficient (Wildman–Crippen LogP) is 5.34. The molecule has 11 heteroatoms. The van der Waals surface area contributed by atoms with E-state index >= 15 is 0 Å². The van der Waals surface area contributed by atoms with Gasteiger partial charge in [-0.05, 0) is 36.8 Å². The Morgan fingerprint density at radius 2 is 1.86 bits per heavy atom. The van der Waals surface area contributed by atoms with Crippen molar-refractivity contribution >= 4 is 40.0 Å². The number of esters is 1. The highest BCUT2D eigenvalue weighted by atomic mass is 32.2. The van der Waals surface area contributed by atoms with E-state index in [0.717, 1.165) is 5.56 Å². The number of thioether (sulfide) groups is 1. The van der Waals surface area contributed by atoms with Crippen molar-refractivity contribution in [3.8, 4) is 16.9 Å². The van der Waals surface area contributed by atoms with E-state index in [9.17, 15) is 14.0 Å². The van der Waals surface area contributed by atoms with Crippen molar-refractivity contribution in [3.63, 3.8) is 0 Å². The Morgan fingerprint density at radius 1 is 1.14 bits per heavy atom. The van der Waals surface area contributed by atoms with Gasteiger partial charge in [0.2, 0.25) is 5.91 Å². The molecular weight excluding hydrogens is 503 g/mol. The molecule has 8 nitrogen and oxygen atoms in total. The molecule has 0 aliphatic rings. The van der Waals surface area contributed by atoms with Crippen molar-refractivity contribution in [2.24, 2.45) is 7.05 Å². The average molecular weight is 527 g/mol. The summed E-state index contributed by atoms with van der Waals surface area (Å²) in [4.78, 5) is 25.2. The summed E-state index contributed by atoms with van der Waals surface area (Å²) in [6.07, 6.45) is -0.443. The number of ether oxygens (including phenoxy) is 2. The molecule has 0 fully saturated rings. The van der Waals surface area contributed by atoms with Crippen LogP contribution < -0.4 is 10.1 Å². The van der Waals surface area contributed by atoms with Crippen molar-refractivity contribution in [1.29, 1.82) is 0 Å². The van der Waals surface area contributed by atoms with Crippen LogP contribution in [0.1, 0.15) is 29.2 Å². The quantitative estimate of drug-likeness (QED) is 0.232. The molecule has 2 heterocycles. The molecule has 1 atom stereocenters. The Balaban J connectivity index is 1.41. The topological polar surface area (TPSA) is 95.3 Å². The number of carbonyl (C=O) groups excluding carboxylic acids is 2. The van der Waals surface area contributed by atoms with Gasteiger partial charge in [0, 0.05) is 18.0 Å². The lowest BCUT2D eigenvalue weighted by Crippen LogP contribution is -2.16. The predicted molar refractivity (Wildman–Crippen MR) is 137 cm³/mol. The maximum atomic E-state index is 13.1. The smallest absolute Gasteiger partial charge is 0.341 e. The van der Waals surface area contributed by atoms with Crippen LogP contribution >= 0.6 is 23.1 Å². The van der Waals surface area contributed by atoms with E-state index in [-0.39, 0.29) is 17.5 Å². The van der Waals surface area contributed by atoms with Gasteiger partial charge in [-0.25, -0.2) is 9.18 Å². The maximum Gasteiger partial charge on any atom is 0.341 e. The van der Waals surface area contributed by atoms with Gasteiger partial charge in [0.1, 0.15) is 22.1 Å². The Morgan fingerprint density at radius 3 is 2.56 bits per heavy atom. The molecule has 4 aromatic rings. The molecule has 0 spiro atoms. The summed E-state index contributed by atoms with van der Waals surface area (Å²) >= 11 is 2.47. The highest BCUT2D eigenvalue weighted by Crippen LogP contribution is 2.36. The van der Waals surface area contributed by atoms with E-state index in [0.29, 0.717) is 32.9 Å². The van der Waals surface area contributed by atoms with Gasteiger partial charge >= 0.3 is 5.97 Å². The molecule has 0 aliphatic carbocycles. The lowest BCUT2D eigenvalue weighted by Gasteiger charge is -2.14. The summed E-state index contributed by atoms with van der Waals surface area (Å²) < 4.78 is 25.6. The number of halogens is 1. The molecule has 0 aliphatic heterocycles. The molecule has 186 valence electrons. The van der Waals surface area contributed by atoms with Crippen molar-refractivity contribution in [1.82, 2.24) is 14.8 Å². The Labute approximate surface area is 215 Å². The highest BCUT2D eigenvalue weighted by molar-refractivity contribution is 7.99. The number of carbonyl (C=O) groups is 2. The van der Waals surface area contributed by atoms with Crippen LogP contribution in [0, 0.1) is 5.82 Å². The van der Waals surface area contributed by atoms with Crippen LogP contribution in [0.3, 0.4) is 0 Å². The number of aromatic nitrogens is 3. The first-order chi connectivity index (χ1) is 17.4. The maximum absolute atomic E-state index is 13.1. The number of nitrogens with one attached hydrogen (secondary N) is 1. The first-order valence-electron chi connectivity index (χ1n) is 10.9. The van der Waals surface area contributed by atoms with E-state index in [1.807, 2.05) is 42.6 Å². The van der Waals surface area contributed by atoms with Crippen LogP contribution in [-0.2, 0) is 16.6 Å². The fourth-order valence-corrected chi connectivity index (χ4v) is 5.15. The van der Waals surface area contributed by atoms with Gasteiger partial charge in [-0.1, -0.05) is 42.1 Å². The van der Waals surface area contributed by atoms with Crippen LogP contribution in [0.2, 0.25) is 0 Å². The zero-order chi connectivity index (χ0) is 25.7. The molecule has 1 amide bonds. The van der Waals surface area contributed by atoms with Gasteiger partial charge < -0.3 is 19.4 Å². The number of amides is 1. The second-order valence-electron chi connectivity index (χ2n) is 7.66. The normalized spacial score (nSPS) is 11.7. The first-order valence-corrected chi connectivity index (χ1v) is 12.7. The van der Waals surface area contributed by atoms with Crippen LogP contribution in [0.15, 0.2) is 65.1 Å². The minimum absolute atomic E-state index is 0.0539. The fraction of sp³-hybridized carbons (Fsp3) is 0.200. The van der Waals surface area contributed by atoms with Gasteiger partial charge in [0.05, 0.1) is 12.9 Å². The van der Waals surface area contributed by atoms with E-state index in [1.165, 1.54) is 42.3 Å². The first kappa shape index (κ1) is 25.4. The van der Waals surface area contributed by atoms with Crippen LogP contribution in [0.4, 0.5) is 9.39 Å². The number of benzene rings is 2. The molecule has 2 aromatic heterocycles. The molecule has 36 heavy (non-hydrogen) atoms. The third-order valence-electron chi connectivity index (χ3n) is 5.21. The Kier molecular flexibility index (Phi) is 8.01. The number of hydrogen-bond acceptors (Lipinski definition) is 8. The van der Waals surface area contributed by atoms with Gasteiger partial charge in [0.25, 0.3) is 0 Å². The Hall–Kier alpha value is -3.70. The second kappa shape index (κ2) is 11.4. The summed E-state index contributed by atoms with van der Waals surface area (Å²) in [6.45, 7) is 1.81. The summed E-state index contributed by atoms with van der Waals surface area (Å²) in [5, 5.41) is 13.9. The van der Waals surface area contributed by atoms with Gasteiger partial charge in [0.15, 0.2) is 17.1 Å². The van der Waals surface area contributed by atoms with E-state index in [1.54, 1.807) is 23.7 Å². The zero-order valence-corrected chi connectivity index (χ0v) is 21.4. The molecule has 1 N–H and O–H groups in total. The number of anilines is 1. The van der Waals surface area contributed by atoms with Crippen LogP contribution in [0.5, 0.6) is 5.75 Å². The van der Waals surface area contributed by atoms with Crippen molar-refractivity contribution in [2.75, 3.05) is 18.2 Å². The van der Waals surface area contributed by atoms with Crippen LogP contribution in [0.25, 0.3) is 11.1 Å². The Bertz CT molecular complexity index is 1360. The van der Waals surface area contributed by atoms with Gasteiger partial charge in [-0.15, -0.1) is 21.5 Å². The van der Waals surface area contributed by atoms with Crippen molar-refractivity contribution < 1.29 is 23.5 Å². The summed E-state index contributed by atoms with van der Waals surface area (Å²) in [7, 11) is 3.09. The van der Waals surface area contributed by atoms with E-state index in [4.69, 9.17) is 9.47 Å². The largest absolute Gasteiger partial charge is 0.483 e. The molecule has 0 saturated heterocycles. The third kappa shape index (κ3) is 5.74. The monoisotopic (exact) mass is 526 g/mol. The van der Waals surface area contributed by atoms with E-state index in [2.05, 4.69) is 15.5 Å². The summed E-state index contributed by atoms with van der Waals surface area (Å²) in [6, 6.07) is 15.2. The molecule has 0 radical (unpaired) electrons. The number of hydrogen-bond donors (Lipinski definition) is 1. The number of thiophene rings is 1. The third-order valence-corrected chi connectivity index (χ3v) is 7.13. The SMILES string of the molecule is COC(=O)c1c(-c2ccccc2)csc1NC(=O)CSc1nnc(C(C)Oc2ccc(F)cc2)n1C. The lowest BCUT2D eigenvalue weighted by molar-refractivity contribution is -0.113. The molecule has 0 bridgehead atoms. The summed E-state index contributed by atoms with van der Waals surface area (Å²) in [5.74, 6) is -0.0481. The number of rotatable bonds is 9. The number of methoxy groups -OCH3 is 1. The minimum atomic E-state index is -0.522. The zero-order valence-electron chi connectivity index (χ0n) is 19.7.